The van der Waals surface area contributed by atoms with Gasteiger partial charge in [0.15, 0.2) is 11.7 Å². The molecule has 126 valence electrons. The molecule has 0 aromatic heterocycles. The summed E-state index contributed by atoms with van der Waals surface area (Å²) in [5.41, 5.74) is 1.32. The first-order valence-corrected chi connectivity index (χ1v) is 8.57. The quantitative estimate of drug-likeness (QED) is 0.705. The number of piperazine rings is 1. The van der Waals surface area contributed by atoms with Gasteiger partial charge < -0.3 is 20.0 Å². The second-order valence-electron chi connectivity index (χ2n) is 6.17. The van der Waals surface area contributed by atoms with Crippen molar-refractivity contribution in [2.24, 2.45) is 0 Å². The zero-order valence-corrected chi connectivity index (χ0v) is 14.9. The van der Waals surface area contributed by atoms with Crippen molar-refractivity contribution in [3.63, 3.8) is 0 Å². The molecule has 0 aliphatic carbocycles. The summed E-state index contributed by atoms with van der Waals surface area (Å²) in [5, 5.41) is 4.18. The molecule has 0 bridgehead atoms. The first kappa shape index (κ1) is 17.7. The minimum Gasteiger partial charge on any atom is -0.362 e. The van der Waals surface area contributed by atoms with E-state index in [0.29, 0.717) is 6.54 Å². The highest BCUT2D eigenvalue weighted by atomic mass is 32.1. The molecule has 0 spiro atoms. The van der Waals surface area contributed by atoms with Crippen LogP contribution in [0.15, 0.2) is 30.3 Å². The molecule has 0 saturated carbocycles. The summed E-state index contributed by atoms with van der Waals surface area (Å²) in [6, 6.07) is 10.4. The average Bonchev–Trinajstić information content (AvgIpc) is 2.56. The molecule has 0 radical (unpaired) electrons. The van der Waals surface area contributed by atoms with Crippen molar-refractivity contribution >= 4 is 23.2 Å². The zero-order valence-electron chi connectivity index (χ0n) is 14.0. The van der Waals surface area contributed by atoms with Crippen molar-refractivity contribution in [2.45, 2.75) is 6.42 Å². The predicted molar refractivity (Wildman–Crippen MR) is 96.6 cm³/mol. The summed E-state index contributed by atoms with van der Waals surface area (Å²) in [5.74, 6) is 0.192. The fourth-order valence-corrected chi connectivity index (χ4v) is 2.93. The number of amides is 1. The van der Waals surface area contributed by atoms with Gasteiger partial charge in [-0.25, -0.2) is 0 Å². The Morgan fingerprint density at radius 1 is 1.26 bits per heavy atom. The highest BCUT2D eigenvalue weighted by molar-refractivity contribution is 7.80. The molecule has 5 nitrogen and oxygen atoms in total. The lowest BCUT2D eigenvalue weighted by molar-refractivity contribution is -0.896. The van der Waals surface area contributed by atoms with Crippen molar-refractivity contribution in [3.05, 3.63) is 35.9 Å². The van der Waals surface area contributed by atoms with Crippen LogP contribution in [0.25, 0.3) is 0 Å². The molecule has 2 N–H and O–H groups in total. The second kappa shape index (κ2) is 8.84. The molecule has 6 heteroatoms. The van der Waals surface area contributed by atoms with Gasteiger partial charge in [-0.2, -0.15) is 0 Å². The molecule has 0 atom stereocenters. The normalized spacial score (nSPS) is 15.3. The maximum absolute atomic E-state index is 11.8. The van der Waals surface area contributed by atoms with Crippen LogP contribution in [0.1, 0.15) is 5.56 Å². The van der Waals surface area contributed by atoms with Crippen LogP contribution in [-0.4, -0.2) is 74.2 Å². The van der Waals surface area contributed by atoms with E-state index in [1.807, 2.05) is 20.2 Å². The minimum atomic E-state index is 0.192. The lowest BCUT2D eigenvalue weighted by Crippen LogP contribution is -3.15. The Morgan fingerprint density at radius 2 is 1.91 bits per heavy atom. The number of benzene rings is 1. The third-order valence-electron chi connectivity index (χ3n) is 4.19. The summed E-state index contributed by atoms with van der Waals surface area (Å²) in [6.07, 6.45) is 0.976. The maximum atomic E-state index is 11.8. The largest absolute Gasteiger partial charge is 0.362 e. The van der Waals surface area contributed by atoms with E-state index in [0.717, 1.165) is 44.3 Å². The minimum absolute atomic E-state index is 0.192. The Morgan fingerprint density at radius 3 is 2.52 bits per heavy atom. The van der Waals surface area contributed by atoms with Crippen LogP contribution in [0.4, 0.5) is 0 Å². The predicted octanol–water partition coefficient (Wildman–Crippen LogP) is -0.608. The number of likely N-dealkylation sites (N-methyl/N-ethyl adjacent to an activating group) is 1. The first-order valence-electron chi connectivity index (χ1n) is 8.16. The Hall–Kier alpha value is -1.66. The highest BCUT2D eigenvalue weighted by Crippen LogP contribution is 1.99. The van der Waals surface area contributed by atoms with Crippen LogP contribution < -0.4 is 10.2 Å². The molecule has 1 aromatic rings. The molecule has 1 aliphatic rings. The van der Waals surface area contributed by atoms with Gasteiger partial charge in [0.25, 0.3) is 5.91 Å². The van der Waals surface area contributed by atoms with Gasteiger partial charge >= 0.3 is 0 Å². The molecule has 1 heterocycles. The summed E-state index contributed by atoms with van der Waals surface area (Å²) >= 11 is 5.49. The van der Waals surface area contributed by atoms with Gasteiger partial charge in [0.05, 0.1) is 26.2 Å². The third-order valence-corrected chi connectivity index (χ3v) is 4.59. The van der Waals surface area contributed by atoms with Crippen molar-refractivity contribution < 1.29 is 9.69 Å². The molecule has 2 rings (SSSR count). The number of carbonyl (C=O) groups is 1. The third kappa shape index (κ3) is 5.80. The van der Waals surface area contributed by atoms with Crippen LogP contribution in [-0.2, 0) is 11.2 Å². The lowest BCUT2D eigenvalue weighted by Gasteiger charge is -2.33. The monoisotopic (exact) mass is 335 g/mol. The molecule has 1 amide bonds. The SMILES string of the molecule is CN(C)C(=O)C[NH+]1CCN(C(=S)NCCc2ccccc2)CC1. The molecule has 1 saturated heterocycles. The molecule has 23 heavy (non-hydrogen) atoms. The topological polar surface area (TPSA) is 40.0 Å². The Kier molecular flexibility index (Phi) is 6.80. The van der Waals surface area contributed by atoms with Crippen molar-refractivity contribution in [1.82, 2.24) is 15.1 Å². The average molecular weight is 335 g/mol. The van der Waals surface area contributed by atoms with E-state index >= 15 is 0 Å². The molecule has 1 aromatic carbocycles. The standard InChI is InChI=1S/C17H26N4OS/c1-19(2)16(22)14-20-10-12-21(13-11-20)17(23)18-9-8-15-6-4-3-5-7-15/h3-7H,8-14H2,1-2H3,(H,18,23)/p+1. The van der Waals surface area contributed by atoms with Crippen LogP contribution in [0.2, 0.25) is 0 Å². The maximum Gasteiger partial charge on any atom is 0.277 e. The summed E-state index contributed by atoms with van der Waals surface area (Å²) in [6.45, 7) is 5.17. The Labute approximate surface area is 144 Å². The molecular formula is C17H27N4OS+. The second-order valence-corrected chi connectivity index (χ2v) is 6.56. The summed E-state index contributed by atoms with van der Waals surface area (Å²) in [4.78, 5) is 17.0. The van der Waals surface area contributed by atoms with Crippen molar-refractivity contribution in [1.29, 1.82) is 0 Å². The number of hydrogen-bond acceptors (Lipinski definition) is 2. The van der Waals surface area contributed by atoms with E-state index in [1.54, 1.807) is 4.90 Å². The fraction of sp³-hybridized carbons (Fsp3) is 0.529. The number of nitrogens with one attached hydrogen (secondary N) is 2. The summed E-state index contributed by atoms with van der Waals surface area (Å²) in [7, 11) is 3.62. The van der Waals surface area contributed by atoms with E-state index in [4.69, 9.17) is 12.2 Å². The van der Waals surface area contributed by atoms with E-state index in [9.17, 15) is 4.79 Å². The van der Waals surface area contributed by atoms with Crippen molar-refractivity contribution in [3.8, 4) is 0 Å². The number of nitrogens with zero attached hydrogens (tertiary/aromatic N) is 2. The van der Waals surface area contributed by atoms with E-state index < -0.39 is 0 Å². The van der Waals surface area contributed by atoms with E-state index in [-0.39, 0.29) is 5.91 Å². The van der Waals surface area contributed by atoms with Gasteiger partial charge in [-0.05, 0) is 24.2 Å². The van der Waals surface area contributed by atoms with Gasteiger partial charge in [-0.15, -0.1) is 0 Å². The van der Waals surface area contributed by atoms with Gasteiger partial charge in [0, 0.05) is 20.6 Å². The fourth-order valence-electron chi connectivity index (χ4n) is 2.65. The van der Waals surface area contributed by atoms with Gasteiger partial charge in [0.1, 0.15) is 0 Å². The van der Waals surface area contributed by atoms with Crippen LogP contribution in [0.3, 0.4) is 0 Å². The lowest BCUT2D eigenvalue weighted by atomic mass is 10.1. The smallest absolute Gasteiger partial charge is 0.277 e. The van der Waals surface area contributed by atoms with Gasteiger partial charge in [0.2, 0.25) is 0 Å². The molecule has 0 unspecified atom stereocenters. The number of carbonyl (C=O) groups excluding carboxylic acids is 1. The van der Waals surface area contributed by atoms with Crippen LogP contribution in [0.5, 0.6) is 0 Å². The molecule has 1 fully saturated rings. The molecule has 1 aliphatic heterocycles. The molecular weight excluding hydrogens is 308 g/mol. The highest BCUT2D eigenvalue weighted by Gasteiger charge is 2.23. The van der Waals surface area contributed by atoms with Gasteiger partial charge in [-0.1, -0.05) is 30.3 Å². The number of quaternary nitrogens is 1. The summed E-state index contributed by atoms with van der Waals surface area (Å²) < 4.78 is 0. The van der Waals surface area contributed by atoms with E-state index in [2.05, 4.69) is 34.5 Å². The first-order chi connectivity index (χ1) is 11.1. The van der Waals surface area contributed by atoms with Gasteiger partial charge in [-0.3, -0.25) is 4.79 Å². The Bertz CT molecular complexity index is 513. The number of thiocarbonyl (C=S) groups is 1. The van der Waals surface area contributed by atoms with E-state index in [1.165, 1.54) is 10.5 Å². The number of rotatable bonds is 5. The van der Waals surface area contributed by atoms with Crippen LogP contribution in [0, 0.1) is 0 Å². The number of hydrogen-bond donors (Lipinski definition) is 2. The zero-order chi connectivity index (χ0) is 16.7. The Balaban J connectivity index is 1.66. The van der Waals surface area contributed by atoms with Crippen molar-refractivity contribution in [2.75, 3.05) is 53.4 Å². The van der Waals surface area contributed by atoms with Crippen LogP contribution >= 0.6 is 12.2 Å².